The third-order valence-corrected chi connectivity index (χ3v) is 5.65. The average molecular weight is 300 g/mol. The van der Waals surface area contributed by atoms with Crippen LogP contribution in [0.3, 0.4) is 0 Å². The summed E-state index contributed by atoms with van der Waals surface area (Å²) in [7, 11) is 0. The number of carbonyl (C=O) groups excluding carboxylic acids is 1. The predicted octanol–water partition coefficient (Wildman–Crippen LogP) is 0.617. The van der Waals surface area contributed by atoms with Crippen molar-refractivity contribution in [3.63, 3.8) is 0 Å². The third kappa shape index (κ3) is 2.98. The summed E-state index contributed by atoms with van der Waals surface area (Å²) in [6, 6.07) is 0.317. The summed E-state index contributed by atoms with van der Waals surface area (Å²) < 4.78 is 11.1. The quantitative estimate of drug-likeness (QED) is 0.824. The lowest BCUT2D eigenvalue weighted by Gasteiger charge is -2.36. The molecule has 3 unspecified atom stereocenters. The molecule has 2 N–H and O–H groups in total. The Morgan fingerprint density at radius 3 is 2.90 bits per heavy atom. The van der Waals surface area contributed by atoms with Crippen LogP contribution >= 0.6 is 11.8 Å². The first-order valence-electron chi connectivity index (χ1n) is 7.56. The molecule has 3 aliphatic heterocycles. The number of hydrogen-bond donors (Lipinski definition) is 1. The van der Waals surface area contributed by atoms with Gasteiger partial charge in [0.25, 0.3) is 0 Å². The smallest absolute Gasteiger partial charge is 0.245 e. The van der Waals surface area contributed by atoms with E-state index in [-0.39, 0.29) is 12.0 Å². The fraction of sp³-hybridized carbons (Fsp3) is 0.929. The summed E-state index contributed by atoms with van der Waals surface area (Å²) in [6.45, 7) is 2.47. The van der Waals surface area contributed by atoms with E-state index in [0.717, 1.165) is 37.4 Å². The van der Waals surface area contributed by atoms with Crippen molar-refractivity contribution >= 4 is 17.7 Å². The molecule has 0 aromatic heterocycles. The predicted molar refractivity (Wildman–Crippen MR) is 78.8 cm³/mol. The van der Waals surface area contributed by atoms with Crippen molar-refractivity contribution in [3.8, 4) is 0 Å². The van der Waals surface area contributed by atoms with E-state index in [4.69, 9.17) is 15.2 Å². The second-order valence-corrected chi connectivity index (χ2v) is 7.22. The SMILES string of the molecule is NC1(C(=O)N(CC2CCCO2)C2CCSC2)CCOC1. The van der Waals surface area contributed by atoms with E-state index in [1.54, 1.807) is 0 Å². The van der Waals surface area contributed by atoms with Gasteiger partial charge in [0.2, 0.25) is 5.91 Å². The number of ether oxygens (including phenoxy) is 2. The summed E-state index contributed by atoms with van der Waals surface area (Å²) in [5.41, 5.74) is 5.47. The minimum absolute atomic E-state index is 0.0676. The van der Waals surface area contributed by atoms with Crippen LogP contribution < -0.4 is 5.73 Å². The highest BCUT2D eigenvalue weighted by atomic mass is 32.2. The molecule has 1 amide bonds. The number of nitrogens with two attached hydrogens (primary N) is 1. The highest BCUT2D eigenvalue weighted by Gasteiger charge is 2.44. The van der Waals surface area contributed by atoms with Crippen molar-refractivity contribution in [1.82, 2.24) is 4.90 Å². The van der Waals surface area contributed by atoms with Crippen molar-refractivity contribution in [1.29, 1.82) is 0 Å². The molecule has 0 aromatic carbocycles. The molecule has 20 heavy (non-hydrogen) atoms. The largest absolute Gasteiger partial charge is 0.379 e. The lowest BCUT2D eigenvalue weighted by atomic mass is 9.96. The van der Waals surface area contributed by atoms with Gasteiger partial charge in [-0.05, 0) is 31.4 Å². The van der Waals surface area contributed by atoms with E-state index in [1.807, 2.05) is 16.7 Å². The zero-order valence-electron chi connectivity index (χ0n) is 11.9. The Morgan fingerprint density at radius 2 is 2.30 bits per heavy atom. The van der Waals surface area contributed by atoms with E-state index in [0.29, 0.717) is 32.2 Å². The van der Waals surface area contributed by atoms with Gasteiger partial charge in [-0.1, -0.05) is 0 Å². The summed E-state index contributed by atoms with van der Waals surface area (Å²) in [5, 5.41) is 0. The Bertz CT molecular complexity index is 348. The number of nitrogens with zero attached hydrogens (tertiary/aromatic N) is 1. The molecule has 0 saturated carbocycles. The molecule has 5 nitrogen and oxygen atoms in total. The minimum Gasteiger partial charge on any atom is -0.379 e. The van der Waals surface area contributed by atoms with Crippen LogP contribution in [0.5, 0.6) is 0 Å². The highest BCUT2D eigenvalue weighted by Crippen LogP contribution is 2.28. The lowest BCUT2D eigenvalue weighted by Crippen LogP contribution is -2.59. The van der Waals surface area contributed by atoms with Gasteiger partial charge in [0, 0.05) is 31.6 Å². The number of rotatable bonds is 4. The Labute approximate surface area is 124 Å². The van der Waals surface area contributed by atoms with Crippen LogP contribution in [0.2, 0.25) is 0 Å². The Morgan fingerprint density at radius 1 is 1.40 bits per heavy atom. The van der Waals surface area contributed by atoms with Gasteiger partial charge >= 0.3 is 0 Å². The number of thioether (sulfide) groups is 1. The first kappa shape index (κ1) is 14.6. The molecular weight excluding hydrogens is 276 g/mol. The number of hydrogen-bond acceptors (Lipinski definition) is 5. The van der Waals surface area contributed by atoms with Crippen molar-refractivity contribution in [3.05, 3.63) is 0 Å². The van der Waals surface area contributed by atoms with E-state index in [1.165, 1.54) is 0 Å². The lowest BCUT2D eigenvalue weighted by molar-refractivity contribution is -0.140. The van der Waals surface area contributed by atoms with Crippen LogP contribution in [0.25, 0.3) is 0 Å². The highest BCUT2D eigenvalue weighted by molar-refractivity contribution is 7.99. The molecule has 0 aliphatic carbocycles. The monoisotopic (exact) mass is 300 g/mol. The average Bonchev–Trinajstić information content (AvgIpc) is 3.18. The van der Waals surface area contributed by atoms with Crippen molar-refractivity contribution in [2.75, 3.05) is 37.9 Å². The molecule has 3 rings (SSSR count). The topological polar surface area (TPSA) is 64.8 Å². The normalized spacial score (nSPS) is 37.5. The van der Waals surface area contributed by atoms with Gasteiger partial charge in [0.05, 0.1) is 12.7 Å². The Balaban J connectivity index is 1.71. The fourth-order valence-corrected chi connectivity index (χ4v) is 4.43. The van der Waals surface area contributed by atoms with Gasteiger partial charge in [0.15, 0.2) is 0 Å². The molecule has 3 saturated heterocycles. The second-order valence-electron chi connectivity index (χ2n) is 6.07. The van der Waals surface area contributed by atoms with Gasteiger partial charge in [0.1, 0.15) is 5.54 Å². The van der Waals surface area contributed by atoms with Crippen LogP contribution in [0.1, 0.15) is 25.7 Å². The van der Waals surface area contributed by atoms with Crippen LogP contribution in [-0.2, 0) is 14.3 Å². The van der Waals surface area contributed by atoms with E-state index in [2.05, 4.69) is 0 Å². The van der Waals surface area contributed by atoms with Gasteiger partial charge in [-0.3, -0.25) is 4.79 Å². The zero-order chi connectivity index (χ0) is 14.0. The zero-order valence-corrected chi connectivity index (χ0v) is 12.7. The van der Waals surface area contributed by atoms with Crippen molar-refractivity contribution < 1.29 is 14.3 Å². The first-order valence-corrected chi connectivity index (χ1v) is 8.71. The maximum atomic E-state index is 12.9. The molecule has 3 fully saturated rings. The first-order chi connectivity index (χ1) is 9.69. The van der Waals surface area contributed by atoms with Crippen LogP contribution in [0.15, 0.2) is 0 Å². The minimum atomic E-state index is -0.814. The fourth-order valence-electron chi connectivity index (χ4n) is 3.21. The maximum absolute atomic E-state index is 12.9. The molecule has 0 aromatic rings. The molecule has 0 radical (unpaired) electrons. The van der Waals surface area contributed by atoms with E-state index >= 15 is 0 Å². The summed E-state index contributed by atoms with van der Waals surface area (Å²) >= 11 is 1.92. The van der Waals surface area contributed by atoms with Crippen LogP contribution in [0, 0.1) is 0 Å². The van der Waals surface area contributed by atoms with Gasteiger partial charge in [-0.15, -0.1) is 0 Å². The number of carbonyl (C=O) groups is 1. The molecule has 6 heteroatoms. The molecule has 0 bridgehead atoms. The van der Waals surface area contributed by atoms with Crippen LogP contribution in [0.4, 0.5) is 0 Å². The van der Waals surface area contributed by atoms with Crippen LogP contribution in [-0.4, -0.2) is 66.4 Å². The molecule has 3 aliphatic rings. The molecule has 114 valence electrons. The summed E-state index contributed by atoms with van der Waals surface area (Å²) in [5.74, 6) is 2.22. The third-order valence-electron chi connectivity index (χ3n) is 4.51. The van der Waals surface area contributed by atoms with Gasteiger partial charge in [-0.2, -0.15) is 11.8 Å². The van der Waals surface area contributed by atoms with Gasteiger partial charge < -0.3 is 20.1 Å². The van der Waals surface area contributed by atoms with E-state index < -0.39 is 5.54 Å². The molecule has 3 atom stereocenters. The van der Waals surface area contributed by atoms with E-state index in [9.17, 15) is 4.79 Å². The summed E-state index contributed by atoms with van der Waals surface area (Å²) in [6.07, 6.45) is 4.05. The second kappa shape index (κ2) is 6.22. The molecule has 3 heterocycles. The number of amides is 1. The standard InChI is InChI=1S/C14H24N2O3S/c15-14(4-6-18-10-14)13(17)16(11-3-7-20-9-11)8-12-2-1-5-19-12/h11-12H,1-10,15H2. The maximum Gasteiger partial charge on any atom is 0.245 e. The summed E-state index contributed by atoms with van der Waals surface area (Å²) in [4.78, 5) is 14.9. The Kier molecular flexibility index (Phi) is 4.55. The Hall–Kier alpha value is -0.300. The van der Waals surface area contributed by atoms with Crippen molar-refractivity contribution in [2.45, 2.75) is 43.4 Å². The van der Waals surface area contributed by atoms with Crippen molar-refractivity contribution in [2.24, 2.45) is 5.73 Å². The molecular formula is C14H24N2O3S. The van der Waals surface area contributed by atoms with Gasteiger partial charge in [-0.25, -0.2) is 0 Å². The molecule has 0 spiro atoms.